The lowest BCUT2D eigenvalue weighted by atomic mass is 10.1. The normalized spacial score (nSPS) is 10.0. The van der Waals surface area contributed by atoms with E-state index in [1.807, 2.05) is 30.3 Å². The molecule has 0 saturated heterocycles. The van der Waals surface area contributed by atoms with Gasteiger partial charge in [0.1, 0.15) is 0 Å². The highest BCUT2D eigenvalue weighted by molar-refractivity contribution is 5.96. The first-order chi connectivity index (χ1) is 10.6. The van der Waals surface area contributed by atoms with E-state index in [2.05, 4.69) is 5.32 Å². The number of rotatable bonds is 6. The number of nitrogens with one attached hydrogen (secondary N) is 1. The number of Topliss-reactive ketones (excluding diaryl/α,β-unsaturated/α-hetero) is 1. The number of benzene rings is 2. The van der Waals surface area contributed by atoms with E-state index in [0.29, 0.717) is 17.9 Å². The van der Waals surface area contributed by atoms with Crippen molar-refractivity contribution in [3.05, 3.63) is 65.7 Å². The molecule has 0 heterocycles. The lowest BCUT2D eigenvalue weighted by Gasteiger charge is -2.08. The lowest BCUT2D eigenvalue weighted by molar-refractivity contribution is 0.101. The Labute approximate surface area is 130 Å². The highest BCUT2D eigenvalue weighted by atomic mass is 16.5. The molecule has 2 rings (SSSR count). The zero-order valence-electron chi connectivity index (χ0n) is 12.5. The van der Waals surface area contributed by atoms with Crippen LogP contribution in [0.3, 0.4) is 0 Å². The van der Waals surface area contributed by atoms with Crippen molar-refractivity contribution in [2.45, 2.75) is 19.8 Å². The van der Waals surface area contributed by atoms with Crippen molar-refractivity contribution in [3.8, 4) is 0 Å². The van der Waals surface area contributed by atoms with Crippen molar-refractivity contribution in [2.24, 2.45) is 0 Å². The number of hydrogen-bond acceptors (Lipinski definition) is 3. The molecule has 2 aromatic carbocycles. The molecular formula is C18H19NO3. The van der Waals surface area contributed by atoms with Crippen molar-refractivity contribution in [2.75, 3.05) is 11.9 Å². The molecule has 0 saturated carbocycles. The molecule has 2 aromatic rings. The Morgan fingerprint density at radius 3 is 2.55 bits per heavy atom. The van der Waals surface area contributed by atoms with Gasteiger partial charge in [-0.1, -0.05) is 42.5 Å². The summed E-state index contributed by atoms with van der Waals surface area (Å²) in [6.45, 7) is 1.84. The number of carbonyl (C=O) groups excluding carboxylic acids is 2. The fourth-order valence-electron chi connectivity index (χ4n) is 2.06. The molecule has 114 valence electrons. The van der Waals surface area contributed by atoms with Crippen molar-refractivity contribution < 1.29 is 14.3 Å². The van der Waals surface area contributed by atoms with E-state index in [9.17, 15) is 9.59 Å². The minimum Gasteiger partial charge on any atom is -0.449 e. The predicted octanol–water partition coefficient (Wildman–Crippen LogP) is 4.07. The molecule has 0 radical (unpaired) electrons. The van der Waals surface area contributed by atoms with Crippen LogP contribution in [0.15, 0.2) is 54.6 Å². The topological polar surface area (TPSA) is 55.4 Å². The summed E-state index contributed by atoms with van der Waals surface area (Å²) in [5.41, 5.74) is 2.34. The van der Waals surface area contributed by atoms with Gasteiger partial charge in [-0.15, -0.1) is 0 Å². The first kappa shape index (κ1) is 15.8. The molecule has 4 nitrogen and oxygen atoms in total. The van der Waals surface area contributed by atoms with E-state index in [-0.39, 0.29) is 5.78 Å². The van der Waals surface area contributed by atoms with Crippen LogP contribution >= 0.6 is 0 Å². The van der Waals surface area contributed by atoms with E-state index in [1.165, 1.54) is 12.5 Å². The zero-order chi connectivity index (χ0) is 15.8. The minimum atomic E-state index is -0.506. The maximum Gasteiger partial charge on any atom is 0.411 e. The van der Waals surface area contributed by atoms with Gasteiger partial charge < -0.3 is 4.74 Å². The van der Waals surface area contributed by atoms with Crippen LogP contribution in [-0.4, -0.2) is 18.5 Å². The van der Waals surface area contributed by atoms with Gasteiger partial charge in [-0.2, -0.15) is 0 Å². The summed E-state index contributed by atoms with van der Waals surface area (Å²) in [6.07, 6.45) is 1.13. The second kappa shape index (κ2) is 7.98. The number of carbonyl (C=O) groups is 2. The smallest absolute Gasteiger partial charge is 0.411 e. The van der Waals surface area contributed by atoms with Crippen LogP contribution in [0, 0.1) is 0 Å². The molecule has 0 spiro atoms. The molecule has 0 aliphatic heterocycles. The van der Waals surface area contributed by atoms with E-state index in [1.54, 1.807) is 24.3 Å². The molecule has 0 unspecified atom stereocenters. The van der Waals surface area contributed by atoms with Crippen LogP contribution in [0.4, 0.5) is 10.5 Å². The number of ether oxygens (including phenoxy) is 1. The quantitative estimate of drug-likeness (QED) is 0.646. The lowest BCUT2D eigenvalue weighted by Crippen LogP contribution is -2.15. The Bertz CT molecular complexity index is 638. The Balaban J connectivity index is 1.74. The maximum atomic E-state index is 11.7. The summed E-state index contributed by atoms with van der Waals surface area (Å²) in [7, 11) is 0. The average Bonchev–Trinajstić information content (AvgIpc) is 2.53. The van der Waals surface area contributed by atoms with Gasteiger partial charge in [0.25, 0.3) is 0 Å². The van der Waals surface area contributed by atoms with Gasteiger partial charge in [0.15, 0.2) is 5.78 Å². The van der Waals surface area contributed by atoms with Crippen LogP contribution < -0.4 is 5.32 Å². The van der Waals surface area contributed by atoms with Crippen LogP contribution in [0.1, 0.15) is 29.3 Å². The number of amides is 1. The number of ketones is 1. The second-order valence-corrected chi connectivity index (χ2v) is 4.99. The molecule has 0 aliphatic carbocycles. The van der Waals surface area contributed by atoms with E-state index in [0.717, 1.165) is 12.8 Å². The molecule has 0 bridgehead atoms. The molecule has 4 heteroatoms. The Hall–Kier alpha value is -2.62. The van der Waals surface area contributed by atoms with Gasteiger partial charge >= 0.3 is 6.09 Å². The van der Waals surface area contributed by atoms with Crippen LogP contribution in [0.5, 0.6) is 0 Å². The summed E-state index contributed by atoms with van der Waals surface area (Å²) >= 11 is 0. The summed E-state index contributed by atoms with van der Waals surface area (Å²) in [5, 5.41) is 2.62. The highest BCUT2D eigenvalue weighted by Gasteiger charge is 2.05. The van der Waals surface area contributed by atoms with Gasteiger partial charge in [-0.25, -0.2) is 4.79 Å². The predicted molar refractivity (Wildman–Crippen MR) is 86.2 cm³/mol. The molecule has 1 N–H and O–H groups in total. The minimum absolute atomic E-state index is 0.0418. The first-order valence-corrected chi connectivity index (χ1v) is 7.24. The van der Waals surface area contributed by atoms with Crippen molar-refractivity contribution in [1.82, 2.24) is 0 Å². The number of aryl methyl sites for hydroxylation is 1. The summed E-state index contributed by atoms with van der Waals surface area (Å²) in [5.74, 6) is -0.0418. The van der Waals surface area contributed by atoms with E-state index < -0.39 is 6.09 Å². The maximum absolute atomic E-state index is 11.7. The number of hydrogen-bond donors (Lipinski definition) is 1. The third-order valence-electron chi connectivity index (χ3n) is 3.20. The molecular weight excluding hydrogens is 278 g/mol. The molecule has 0 aromatic heterocycles. The zero-order valence-corrected chi connectivity index (χ0v) is 12.5. The number of anilines is 1. The Kier molecular flexibility index (Phi) is 5.72. The molecule has 22 heavy (non-hydrogen) atoms. The SMILES string of the molecule is CC(=O)c1cccc(NC(=O)OCCCc2ccccc2)c1. The van der Waals surface area contributed by atoms with E-state index in [4.69, 9.17) is 4.74 Å². The van der Waals surface area contributed by atoms with Gasteiger partial charge in [-0.3, -0.25) is 10.1 Å². The van der Waals surface area contributed by atoms with E-state index >= 15 is 0 Å². The molecule has 0 fully saturated rings. The van der Waals surface area contributed by atoms with Crippen molar-refractivity contribution in [3.63, 3.8) is 0 Å². The van der Waals surface area contributed by atoms with Crippen LogP contribution in [0.2, 0.25) is 0 Å². The van der Waals surface area contributed by atoms with Crippen LogP contribution in [0.25, 0.3) is 0 Å². The fraction of sp³-hybridized carbons (Fsp3) is 0.222. The second-order valence-electron chi connectivity index (χ2n) is 4.99. The first-order valence-electron chi connectivity index (χ1n) is 7.24. The largest absolute Gasteiger partial charge is 0.449 e. The average molecular weight is 297 g/mol. The monoisotopic (exact) mass is 297 g/mol. The molecule has 0 atom stereocenters. The standard InChI is InChI=1S/C18H19NO3/c1-14(20)16-10-5-11-17(13-16)19-18(21)22-12-6-9-15-7-3-2-4-8-15/h2-5,7-8,10-11,13H,6,9,12H2,1H3,(H,19,21). The fourth-order valence-corrected chi connectivity index (χ4v) is 2.06. The van der Waals surface area contributed by atoms with Gasteiger partial charge in [0, 0.05) is 11.3 Å². The molecule has 1 amide bonds. The van der Waals surface area contributed by atoms with Crippen molar-refractivity contribution >= 4 is 17.6 Å². The Morgan fingerprint density at radius 1 is 1.05 bits per heavy atom. The Morgan fingerprint density at radius 2 is 1.82 bits per heavy atom. The van der Waals surface area contributed by atoms with Gasteiger partial charge in [0.05, 0.1) is 6.61 Å². The van der Waals surface area contributed by atoms with Gasteiger partial charge in [-0.05, 0) is 37.5 Å². The molecule has 0 aliphatic rings. The third kappa shape index (κ3) is 5.05. The summed E-state index contributed by atoms with van der Waals surface area (Å²) in [6, 6.07) is 16.8. The third-order valence-corrected chi connectivity index (χ3v) is 3.20. The highest BCUT2D eigenvalue weighted by Crippen LogP contribution is 2.11. The van der Waals surface area contributed by atoms with Crippen molar-refractivity contribution in [1.29, 1.82) is 0 Å². The summed E-state index contributed by atoms with van der Waals surface area (Å²) < 4.78 is 5.13. The summed E-state index contributed by atoms with van der Waals surface area (Å²) in [4.78, 5) is 23.0. The van der Waals surface area contributed by atoms with Crippen LogP contribution in [-0.2, 0) is 11.2 Å². The van der Waals surface area contributed by atoms with Gasteiger partial charge in [0.2, 0.25) is 0 Å².